The van der Waals surface area contributed by atoms with Crippen molar-refractivity contribution in [2.45, 2.75) is 0 Å². The van der Waals surface area contributed by atoms with Gasteiger partial charge < -0.3 is 16.2 Å². The molecular weight excluding hydrogens is 336 g/mol. The van der Waals surface area contributed by atoms with Gasteiger partial charge in [-0.05, 0) is 0 Å². The van der Waals surface area contributed by atoms with E-state index in [1.165, 1.54) is 15.5 Å². The monoisotopic (exact) mass is 354 g/mol. The SMILES string of the molecule is NC(N)=[NH2+].NC(N)=[NH2+].NC(N)=[NH2+].[N-]=C=S.[N-]=C=S.[N-]=C=S. The lowest BCUT2D eigenvalue weighted by Crippen LogP contribution is -2.51. The van der Waals surface area contributed by atoms with Crippen molar-refractivity contribution in [2.75, 3.05) is 0 Å². The van der Waals surface area contributed by atoms with Gasteiger partial charge in [-0.2, -0.15) is 15.5 Å². The molecule has 0 amide bonds. The summed E-state index contributed by atoms with van der Waals surface area (Å²) in [6.45, 7) is 0. The molecule has 0 atom stereocenters. The van der Waals surface area contributed by atoms with Crippen LogP contribution in [0.1, 0.15) is 0 Å². The van der Waals surface area contributed by atoms with Gasteiger partial charge >= 0.3 is 17.9 Å². The fourth-order valence-electron chi connectivity index (χ4n) is 0. The smallest absolute Gasteiger partial charge is 0.336 e. The van der Waals surface area contributed by atoms with Crippen LogP contribution in [0.15, 0.2) is 0 Å². The van der Waals surface area contributed by atoms with E-state index in [0.29, 0.717) is 0 Å². The fourth-order valence-corrected chi connectivity index (χ4v) is 0. The van der Waals surface area contributed by atoms with Gasteiger partial charge in [0.15, 0.2) is 0 Å². The minimum atomic E-state index is -0.0833. The first-order valence-corrected chi connectivity index (χ1v) is 5.11. The second-order valence-corrected chi connectivity index (χ2v) is 2.32. The highest BCUT2D eigenvalue weighted by atomic mass is 32.1. The maximum atomic E-state index is 7.13. The molecule has 0 rings (SSSR count). The number of thiocarbonyl (C=S) groups is 3. The lowest BCUT2D eigenvalue weighted by Gasteiger charge is -1.59. The summed E-state index contributed by atoms with van der Waals surface area (Å²) in [7, 11) is 0. The Morgan fingerprint density at radius 3 is 0.571 bits per heavy atom. The molecule has 0 bridgehead atoms. The van der Waals surface area contributed by atoms with Gasteiger partial charge in [0, 0.05) is 0 Å². The van der Waals surface area contributed by atoms with Crippen molar-refractivity contribution in [3.8, 4) is 0 Å². The van der Waals surface area contributed by atoms with Crippen LogP contribution in [-0.4, -0.2) is 33.4 Å². The molecule has 0 fully saturated rings. The van der Waals surface area contributed by atoms with E-state index in [1.54, 1.807) is 0 Å². The van der Waals surface area contributed by atoms with Crippen LogP contribution < -0.4 is 50.6 Å². The number of hydrogen-bond donors (Lipinski definition) is 9. The van der Waals surface area contributed by atoms with Crippen LogP contribution in [0.2, 0.25) is 0 Å². The van der Waals surface area contributed by atoms with E-state index in [0.717, 1.165) is 0 Å². The summed E-state index contributed by atoms with van der Waals surface area (Å²) in [6.07, 6.45) is 0. The van der Waals surface area contributed by atoms with E-state index >= 15 is 0 Å². The van der Waals surface area contributed by atoms with Crippen LogP contribution in [0.25, 0.3) is 16.2 Å². The Labute approximate surface area is 137 Å². The predicted molar refractivity (Wildman–Crippen MR) is 93.8 cm³/mol. The summed E-state index contributed by atoms with van der Waals surface area (Å²) < 4.78 is 0. The van der Waals surface area contributed by atoms with Gasteiger partial charge in [0.1, 0.15) is 0 Å². The van der Waals surface area contributed by atoms with Gasteiger partial charge in [0.25, 0.3) is 0 Å². The second kappa shape index (κ2) is 53.3. The quantitative estimate of drug-likeness (QED) is 0.113. The lowest BCUT2D eigenvalue weighted by molar-refractivity contribution is -0.117. The Morgan fingerprint density at radius 1 is 0.571 bits per heavy atom. The van der Waals surface area contributed by atoms with Crippen LogP contribution in [0.5, 0.6) is 0 Å². The first-order chi connectivity index (χ1) is 9.44. The first-order valence-electron chi connectivity index (χ1n) is 3.88. The molecule has 0 aromatic carbocycles. The molecule has 0 unspecified atom stereocenters. The Balaban J connectivity index is -0.0000000324. The third kappa shape index (κ3) is 511. The molecule has 0 aliphatic rings. The molecule has 0 saturated carbocycles. The van der Waals surface area contributed by atoms with Crippen molar-refractivity contribution in [2.24, 2.45) is 34.4 Å². The van der Waals surface area contributed by atoms with Crippen LogP contribution >= 0.6 is 36.7 Å². The minimum Gasteiger partial charge on any atom is -0.753 e. The van der Waals surface area contributed by atoms with Crippen molar-refractivity contribution in [1.29, 1.82) is 0 Å². The van der Waals surface area contributed by atoms with E-state index in [4.69, 9.17) is 16.2 Å². The van der Waals surface area contributed by atoms with E-state index in [9.17, 15) is 0 Å². The topological polar surface area (TPSA) is 300 Å². The number of nitrogens with two attached hydrogens (primary N) is 9. The summed E-state index contributed by atoms with van der Waals surface area (Å²) in [4.78, 5) is 0. The van der Waals surface area contributed by atoms with Crippen molar-refractivity contribution in [3.05, 3.63) is 16.2 Å². The van der Waals surface area contributed by atoms with Crippen LogP contribution in [0.3, 0.4) is 0 Å². The first kappa shape index (κ1) is 36.2. The van der Waals surface area contributed by atoms with E-state index < -0.39 is 0 Å². The second-order valence-electron chi connectivity index (χ2n) is 1.77. The van der Waals surface area contributed by atoms with Crippen LogP contribution in [0, 0.1) is 0 Å². The Bertz CT molecular complexity index is 290. The summed E-state index contributed by atoms with van der Waals surface area (Å²) in [5, 5.41) is 39.2. The number of rotatable bonds is 0. The summed E-state index contributed by atoms with van der Waals surface area (Å²) in [6, 6.07) is 0. The lowest BCUT2D eigenvalue weighted by atomic mass is 11.1. The molecule has 12 nitrogen and oxygen atoms in total. The molecule has 21 heavy (non-hydrogen) atoms. The highest BCUT2D eigenvalue weighted by Gasteiger charge is 1.64. The number of isothiocyanates is 3. The third-order valence-corrected chi connectivity index (χ3v) is 0. The average molecular weight is 354 g/mol. The third-order valence-electron chi connectivity index (χ3n) is 0. The molecule has 0 spiro atoms. The molecule has 18 N–H and O–H groups in total. The van der Waals surface area contributed by atoms with Crippen LogP contribution in [-0.2, 0) is 0 Å². The number of nitrogens with zero attached hydrogens (tertiary/aromatic N) is 3. The Hall–Kier alpha value is -2.79. The molecule has 15 heteroatoms. The fraction of sp³-hybridized carbons (Fsp3) is 0. The van der Waals surface area contributed by atoms with Crippen LogP contribution in [0.4, 0.5) is 0 Å². The maximum Gasteiger partial charge on any atom is 0.336 e. The molecule has 0 radical (unpaired) electrons. The standard InChI is InChI=1S/3CH5N3.3CNS/c3*2-1(3)4;3*2-1-3/h3*(H5,2,3,4);;;/q;;;3*-1/p+3. The molecule has 0 aromatic rings. The summed E-state index contributed by atoms with van der Waals surface area (Å²) >= 11 is 11.1. The zero-order chi connectivity index (χ0) is 18.9. The normalized spacial score (nSPS) is 4.57. The minimum absolute atomic E-state index is 0.0833. The van der Waals surface area contributed by atoms with E-state index in [1.807, 2.05) is 0 Å². The van der Waals surface area contributed by atoms with Crippen molar-refractivity contribution in [1.82, 2.24) is 0 Å². The summed E-state index contributed by atoms with van der Waals surface area (Å²) in [5.74, 6) is -0.250. The summed E-state index contributed by atoms with van der Waals surface area (Å²) in [5.41, 5.74) is 27.5. The molecule has 0 aromatic heterocycles. The Morgan fingerprint density at radius 2 is 0.571 bits per heavy atom. The van der Waals surface area contributed by atoms with Crippen molar-refractivity contribution < 1.29 is 16.2 Å². The highest BCUT2D eigenvalue weighted by Crippen LogP contribution is 1.20. The van der Waals surface area contributed by atoms with Crippen molar-refractivity contribution >= 4 is 70.0 Å². The van der Waals surface area contributed by atoms with Gasteiger partial charge in [-0.15, -0.1) is 0 Å². The molecule has 0 heterocycles. The highest BCUT2D eigenvalue weighted by molar-refractivity contribution is 7.78. The van der Waals surface area contributed by atoms with Gasteiger partial charge in [0.2, 0.25) is 0 Å². The van der Waals surface area contributed by atoms with Gasteiger partial charge in [-0.3, -0.25) is 50.6 Å². The largest absolute Gasteiger partial charge is 0.753 e. The maximum absolute atomic E-state index is 7.13. The Kier molecular flexibility index (Phi) is 91.8. The molecular formula is C6H18N12S3. The molecule has 0 saturated heterocycles. The van der Waals surface area contributed by atoms with Gasteiger partial charge in [-0.25, -0.2) is 0 Å². The zero-order valence-corrected chi connectivity index (χ0v) is 13.2. The molecule has 120 valence electrons. The van der Waals surface area contributed by atoms with Gasteiger partial charge in [-0.1, -0.05) is 36.7 Å². The number of guanidine groups is 3. The molecule has 0 aliphatic heterocycles. The predicted octanol–water partition coefficient (Wildman–Crippen LogP) is -6.97. The average Bonchev–Trinajstić information content (AvgIpc) is 2.16. The zero-order valence-electron chi connectivity index (χ0n) is 10.8. The number of hydrogen-bond acceptors (Lipinski definition) is 3. The molecule has 0 aliphatic carbocycles. The van der Waals surface area contributed by atoms with Gasteiger partial charge in [0.05, 0.1) is 0 Å². The van der Waals surface area contributed by atoms with E-state index in [2.05, 4.69) is 87.3 Å². The van der Waals surface area contributed by atoms with E-state index in [-0.39, 0.29) is 17.9 Å². The van der Waals surface area contributed by atoms with Crippen molar-refractivity contribution in [3.63, 3.8) is 0 Å².